The Morgan fingerprint density at radius 2 is 1.84 bits per heavy atom. The number of carbonyl (C=O) groups is 1. The fraction of sp³-hybridized carbons (Fsp3) is 0.737. The van der Waals surface area contributed by atoms with Gasteiger partial charge >= 0.3 is 0 Å². The van der Waals surface area contributed by atoms with E-state index in [4.69, 9.17) is 5.73 Å². The molecular weight excluding hydrogens is 314 g/mol. The zero-order valence-electron chi connectivity index (χ0n) is 15.6. The number of rotatable bonds is 5. The van der Waals surface area contributed by atoms with Gasteiger partial charge in [0.25, 0.3) is 0 Å². The molecular formula is C19H31N5O. The largest absolute Gasteiger partial charge is 0.368 e. The maximum atomic E-state index is 12.6. The minimum atomic E-state index is 0.175. The van der Waals surface area contributed by atoms with Crippen LogP contribution in [-0.2, 0) is 11.2 Å². The number of hydrogen-bond donors (Lipinski definition) is 1. The standard InChI is InChI=1S/C19H31N5O/c1-3-4-7-16-14(2)21-19(20)22-17(16)23-12-8-15(9-13-23)18(25)24-10-5-6-11-24/h15H,3-13H2,1-2H3,(H2,20,21,22). The van der Waals surface area contributed by atoms with Crippen LogP contribution in [0.4, 0.5) is 11.8 Å². The van der Waals surface area contributed by atoms with E-state index in [-0.39, 0.29) is 5.92 Å². The maximum Gasteiger partial charge on any atom is 0.225 e. The molecule has 138 valence electrons. The van der Waals surface area contributed by atoms with Crippen molar-refractivity contribution in [3.8, 4) is 0 Å². The van der Waals surface area contributed by atoms with Crippen LogP contribution >= 0.6 is 0 Å². The lowest BCUT2D eigenvalue weighted by atomic mass is 9.94. The molecule has 0 aromatic carbocycles. The topological polar surface area (TPSA) is 75.3 Å². The van der Waals surface area contributed by atoms with E-state index >= 15 is 0 Å². The number of hydrogen-bond acceptors (Lipinski definition) is 5. The molecule has 1 aromatic rings. The molecule has 6 nitrogen and oxygen atoms in total. The van der Waals surface area contributed by atoms with Crippen molar-refractivity contribution in [2.24, 2.45) is 5.92 Å². The Morgan fingerprint density at radius 3 is 2.48 bits per heavy atom. The molecule has 2 saturated heterocycles. The monoisotopic (exact) mass is 345 g/mol. The predicted molar refractivity (Wildman–Crippen MR) is 101 cm³/mol. The first-order valence-electron chi connectivity index (χ1n) is 9.77. The third-order valence-corrected chi connectivity index (χ3v) is 5.55. The zero-order valence-corrected chi connectivity index (χ0v) is 15.6. The van der Waals surface area contributed by atoms with Gasteiger partial charge in [-0.15, -0.1) is 0 Å². The minimum Gasteiger partial charge on any atom is -0.368 e. The third-order valence-electron chi connectivity index (χ3n) is 5.55. The van der Waals surface area contributed by atoms with Gasteiger partial charge in [0.05, 0.1) is 0 Å². The number of anilines is 2. The van der Waals surface area contributed by atoms with E-state index in [1.54, 1.807) is 0 Å². The van der Waals surface area contributed by atoms with Crippen molar-refractivity contribution >= 4 is 17.7 Å². The summed E-state index contributed by atoms with van der Waals surface area (Å²) in [4.78, 5) is 25.9. The van der Waals surface area contributed by atoms with E-state index in [1.807, 2.05) is 6.92 Å². The molecule has 3 rings (SSSR count). The van der Waals surface area contributed by atoms with Crippen molar-refractivity contribution in [1.82, 2.24) is 14.9 Å². The molecule has 2 aliphatic rings. The van der Waals surface area contributed by atoms with Crippen molar-refractivity contribution in [1.29, 1.82) is 0 Å². The van der Waals surface area contributed by atoms with Gasteiger partial charge in [0.2, 0.25) is 11.9 Å². The van der Waals surface area contributed by atoms with Crippen LogP contribution in [0.1, 0.15) is 56.7 Å². The quantitative estimate of drug-likeness (QED) is 0.887. The number of piperidine rings is 1. The first-order valence-corrected chi connectivity index (χ1v) is 9.77. The van der Waals surface area contributed by atoms with Gasteiger partial charge < -0.3 is 15.5 Å². The number of unbranched alkanes of at least 4 members (excludes halogenated alkanes) is 1. The molecule has 0 atom stereocenters. The summed E-state index contributed by atoms with van der Waals surface area (Å²) in [6.07, 6.45) is 7.40. The summed E-state index contributed by atoms with van der Waals surface area (Å²) >= 11 is 0. The molecule has 2 aliphatic heterocycles. The third kappa shape index (κ3) is 4.05. The summed E-state index contributed by atoms with van der Waals surface area (Å²) in [7, 11) is 0. The van der Waals surface area contributed by atoms with Crippen LogP contribution in [0.2, 0.25) is 0 Å². The van der Waals surface area contributed by atoms with Gasteiger partial charge in [0.1, 0.15) is 5.82 Å². The SMILES string of the molecule is CCCCc1c(C)nc(N)nc1N1CCC(C(=O)N2CCCC2)CC1. The molecule has 0 radical (unpaired) electrons. The van der Waals surface area contributed by atoms with Crippen LogP contribution in [0.15, 0.2) is 0 Å². The van der Waals surface area contributed by atoms with Crippen LogP contribution in [0.5, 0.6) is 0 Å². The second-order valence-corrected chi connectivity index (χ2v) is 7.37. The summed E-state index contributed by atoms with van der Waals surface area (Å²) < 4.78 is 0. The van der Waals surface area contributed by atoms with Crippen LogP contribution in [-0.4, -0.2) is 47.0 Å². The number of nitrogen functional groups attached to an aromatic ring is 1. The predicted octanol–water partition coefficient (Wildman–Crippen LogP) is 2.55. The van der Waals surface area contributed by atoms with Crippen LogP contribution in [0.25, 0.3) is 0 Å². The average Bonchev–Trinajstić information content (AvgIpc) is 3.14. The number of aromatic nitrogens is 2. The van der Waals surface area contributed by atoms with E-state index in [1.165, 1.54) is 5.56 Å². The fourth-order valence-electron chi connectivity index (χ4n) is 4.04. The van der Waals surface area contributed by atoms with Crippen molar-refractivity contribution in [2.45, 2.75) is 58.8 Å². The Hall–Kier alpha value is -1.85. The van der Waals surface area contributed by atoms with E-state index in [2.05, 4.69) is 26.7 Å². The van der Waals surface area contributed by atoms with Crippen molar-refractivity contribution in [3.05, 3.63) is 11.3 Å². The van der Waals surface area contributed by atoms with E-state index in [0.29, 0.717) is 11.9 Å². The van der Waals surface area contributed by atoms with Gasteiger partial charge in [0, 0.05) is 43.4 Å². The lowest BCUT2D eigenvalue weighted by molar-refractivity contribution is -0.135. The molecule has 0 spiro atoms. The second kappa shape index (κ2) is 8.02. The summed E-state index contributed by atoms with van der Waals surface area (Å²) in [6, 6.07) is 0. The van der Waals surface area contributed by atoms with Crippen LogP contribution in [0, 0.1) is 12.8 Å². The number of likely N-dealkylation sites (tertiary alicyclic amines) is 1. The van der Waals surface area contributed by atoms with E-state index < -0.39 is 0 Å². The highest BCUT2D eigenvalue weighted by atomic mass is 16.2. The lowest BCUT2D eigenvalue weighted by Crippen LogP contribution is -2.42. The summed E-state index contributed by atoms with van der Waals surface area (Å²) in [5.74, 6) is 1.88. The molecule has 2 fully saturated rings. The van der Waals surface area contributed by atoms with E-state index in [9.17, 15) is 4.79 Å². The van der Waals surface area contributed by atoms with Crippen molar-refractivity contribution < 1.29 is 4.79 Å². The average molecular weight is 345 g/mol. The normalized spacial score (nSPS) is 18.8. The van der Waals surface area contributed by atoms with Crippen molar-refractivity contribution in [3.63, 3.8) is 0 Å². The van der Waals surface area contributed by atoms with Gasteiger partial charge in [-0.05, 0) is 45.4 Å². The number of carbonyl (C=O) groups excluding carboxylic acids is 1. The lowest BCUT2D eigenvalue weighted by Gasteiger charge is -2.35. The highest BCUT2D eigenvalue weighted by Crippen LogP contribution is 2.29. The molecule has 0 unspecified atom stereocenters. The first-order chi connectivity index (χ1) is 12.1. The van der Waals surface area contributed by atoms with Crippen LogP contribution < -0.4 is 10.6 Å². The number of amides is 1. The molecule has 0 aliphatic carbocycles. The van der Waals surface area contributed by atoms with E-state index in [0.717, 1.165) is 82.6 Å². The Labute approximate surface area is 150 Å². The van der Waals surface area contributed by atoms with Gasteiger partial charge in [-0.1, -0.05) is 13.3 Å². The highest BCUT2D eigenvalue weighted by molar-refractivity contribution is 5.79. The number of nitrogens with zero attached hydrogens (tertiary/aromatic N) is 4. The Balaban J connectivity index is 1.68. The zero-order chi connectivity index (χ0) is 17.8. The summed E-state index contributed by atoms with van der Waals surface area (Å²) in [6.45, 7) is 7.86. The Bertz CT molecular complexity index is 604. The Kier molecular flexibility index (Phi) is 5.76. The molecule has 1 aromatic heterocycles. The molecule has 1 amide bonds. The fourth-order valence-corrected chi connectivity index (χ4v) is 4.04. The second-order valence-electron chi connectivity index (χ2n) is 7.37. The molecule has 3 heterocycles. The molecule has 0 saturated carbocycles. The molecule has 0 bridgehead atoms. The number of nitrogens with two attached hydrogens (primary N) is 1. The highest BCUT2D eigenvalue weighted by Gasteiger charge is 2.31. The van der Waals surface area contributed by atoms with Gasteiger partial charge in [-0.2, -0.15) is 4.98 Å². The van der Waals surface area contributed by atoms with Crippen molar-refractivity contribution in [2.75, 3.05) is 36.8 Å². The molecule has 6 heteroatoms. The maximum absolute atomic E-state index is 12.6. The Morgan fingerprint density at radius 1 is 1.16 bits per heavy atom. The van der Waals surface area contributed by atoms with Gasteiger partial charge in [-0.3, -0.25) is 4.79 Å². The molecule has 25 heavy (non-hydrogen) atoms. The summed E-state index contributed by atoms with van der Waals surface area (Å²) in [5.41, 5.74) is 8.13. The first kappa shape index (κ1) is 18.0. The summed E-state index contributed by atoms with van der Waals surface area (Å²) in [5, 5.41) is 0. The van der Waals surface area contributed by atoms with Crippen LogP contribution in [0.3, 0.4) is 0 Å². The smallest absolute Gasteiger partial charge is 0.225 e. The van der Waals surface area contributed by atoms with Gasteiger partial charge in [0.15, 0.2) is 0 Å². The number of aryl methyl sites for hydroxylation is 1. The minimum absolute atomic E-state index is 0.175. The van der Waals surface area contributed by atoms with Gasteiger partial charge in [-0.25, -0.2) is 4.98 Å². The molecule has 2 N–H and O–H groups in total.